The first-order chi connectivity index (χ1) is 10.8. The Bertz CT molecular complexity index is 678. The van der Waals surface area contributed by atoms with Crippen molar-refractivity contribution in [2.45, 2.75) is 25.8 Å². The van der Waals surface area contributed by atoms with Gasteiger partial charge in [0.15, 0.2) is 0 Å². The van der Waals surface area contributed by atoms with Gasteiger partial charge in [-0.2, -0.15) is 0 Å². The van der Waals surface area contributed by atoms with Gasteiger partial charge in [-0.15, -0.1) is 0 Å². The molecule has 0 unspecified atom stereocenters. The van der Waals surface area contributed by atoms with Crippen LogP contribution in [-0.4, -0.2) is 35.4 Å². The lowest BCUT2D eigenvalue weighted by Gasteiger charge is -2.37. The molecular weight excluding hydrogens is 274 g/mol. The number of benzene rings is 1. The van der Waals surface area contributed by atoms with Crippen LogP contribution in [0.2, 0.25) is 0 Å². The highest BCUT2D eigenvalue weighted by molar-refractivity contribution is 5.83. The van der Waals surface area contributed by atoms with Gasteiger partial charge in [-0.1, -0.05) is 18.2 Å². The highest BCUT2D eigenvalue weighted by atomic mass is 16.1. The first-order valence-electron chi connectivity index (χ1n) is 8.33. The number of fused-ring (bicyclic) bond motifs is 2. The van der Waals surface area contributed by atoms with Crippen LogP contribution in [0.15, 0.2) is 30.5 Å². The first kappa shape index (κ1) is 13.8. The van der Waals surface area contributed by atoms with E-state index in [0.29, 0.717) is 11.8 Å². The third kappa shape index (κ3) is 2.63. The number of piperidine rings is 1. The molecule has 2 aromatic rings. The van der Waals surface area contributed by atoms with Crippen molar-refractivity contribution in [3.63, 3.8) is 0 Å². The summed E-state index contributed by atoms with van der Waals surface area (Å²) in [6.07, 6.45) is 5.15. The van der Waals surface area contributed by atoms with E-state index in [2.05, 4.69) is 45.7 Å². The second-order valence-corrected chi connectivity index (χ2v) is 6.75. The Morgan fingerprint density at radius 1 is 1.18 bits per heavy atom. The molecule has 0 saturated carbocycles. The highest BCUT2D eigenvalue weighted by Gasteiger charge is 2.32. The monoisotopic (exact) mass is 297 g/mol. The van der Waals surface area contributed by atoms with Gasteiger partial charge in [-0.3, -0.25) is 9.69 Å². The molecule has 1 aromatic carbocycles. The average molecular weight is 297 g/mol. The van der Waals surface area contributed by atoms with Gasteiger partial charge in [-0.25, -0.2) is 0 Å². The fourth-order valence-electron chi connectivity index (χ4n) is 4.11. The lowest BCUT2D eigenvalue weighted by atomic mass is 9.82. The summed E-state index contributed by atoms with van der Waals surface area (Å²) in [4.78, 5) is 17.6. The van der Waals surface area contributed by atoms with Gasteiger partial charge in [0.05, 0.1) is 0 Å². The molecule has 4 heteroatoms. The van der Waals surface area contributed by atoms with Crippen LogP contribution in [-0.2, 0) is 11.3 Å². The summed E-state index contributed by atoms with van der Waals surface area (Å²) in [5.74, 6) is 1.50. The number of hydrogen-bond donors (Lipinski definition) is 2. The minimum atomic E-state index is 0.248. The molecule has 2 atom stereocenters. The second kappa shape index (κ2) is 5.76. The summed E-state index contributed by atoms with van der Waals surface area (Å²) >= 11 is 0. The standard InChI is InChI=1S/C18H23N3O/c22-18-9-13-6-8-21(11-14(13)5-7-19-18)12-15-10-20-17-4-2-1-3-16(15)17/h1-4,10,13-14,20H,5-9,11-12H2,(H,19,22)/t13-,14-/m0/s1. The van der Waals surface area contributed by atoms with Crippen molar-refractivity contribution in [2.75, 3.05) is 19.6 Å². The summed E-state index contributed by atoms with van der Waals surface area (Å²) in [6.45, 7) is 4.09. The third-order valence-corrected chi connectivity index (χ3v) is 5.33. The van der Waals surface area contributed by atoms with Crippen LogP contribution in [0, 0.1) is 11.8 Å². The fourth-order valence-corrected chi connectivity index (χ4v) is 4.11. The number of H-pyrrole nitrogens is 1. The largest absolute Gasteiger partial charge is 0.361 e. The van der Waals surface area contributed by atoms with Crippen LogP contribution >= 0.6 is 0 Å². The minimum absolute atomic E-state index is 0.248. The van der Waals surface area contributed by atoms with Gasteiger partial charge in [0.1, 0.15) is 0 Å². The first-order valence-corrected chi connectivity index (χ1v) is 8.33. The molecule has 1 aromatic heterocycles. The molecule has 116 valence electrons. The number of rotatable bonds is 2. The van der Waals surface area contributed by atoms with Gasteiger partial charge >= 0.3 is 0 Å². The minimum Gasteiger partial charge on any atom is -0.361 e. The summed E-state index contributed by atoms with van der Waals surface area (Å²) in [7, 11) is 0. The van der Waals surface area contributed by atoms with Crippen LogP contribution in [0.3, 0.4) is 0 Å². The van der Waals surface area contributed by atoms with E-state index >= 15 is 0 Å². The lowest BCUT2D eigenvalue weighted by molar-refractivity contribution is -0.121. The van der Waals surface area contributed by atoms with Crippen molar-refractivity contribution in [3.05, 3.63) is 36.0 Å². The van der Waals surface area contributed by atoms with Gasteiger partial charge in [0, 0.05) is 43.2 Å². The van der Waals surface area contributed by atoms with Gasteiger partial charge < -0.3 is 10.3 Å². The fraction of sp³-hybridized carbons (Fsp3) is 0.500. The van der Waals surface area contributed by atoms with Crippen molar-refractivity contribution < 1.29 is 4.79 Å². The maximum Gasteiger partial charge on any atom is 0.220 e. The number of likely N-dealkylation sites (tertiary alicyclic amines) is 1. The Balaban J connectivity index is 1.47. The van der Waals surface area contributed by atoms with Gasteiger partial charge in [0.25, 0.3) is 0 Å². The van der Waals surface area contributed by atoms with E-state index in [1.54, 1.807) is 0 Å². The van der Waals surface area contributed by atoms with Crippen LogP contribution in [0.4, 0.5) is 0 Å². The number of carbonyl (C=O) groups excluding carboxylic acids is 1. The van der Waals surface area contributed by atoms with E-state index in [9.17, 15) is 4.79 Å². The Morgan fingerprint density at radius 2 is 2.09 bits per heavy atom. The zero-order chi connectivity index (χ0) is 14.9. The Morgan fingerprint density at radius 3 is 3.05 bits per heavy atom. The molecule has 0 bridgehead atoms. The summed E-state index contributed by atoms with van der Waals surface area (Å²) in [5.41, 5.74) is 2.61. The average Bonchev–Trinajstić information content (AvgIpc) is 2.83. The second-order valence-electron chi connectivity index (χ2n) is 6.75. The zero-order valence-electron chi connectivity index (χ0n) is 12.8. The van der Waals surface area contributed by atoms with Crippen molar-refractivity contribution in [1.82, 2.24) is 15.2 Å². The van der Waals surface area contributed by atoms with Crippen molar-refractivity contribution in [3.8, 4) is 0 Å². The number of nitrogens with zero attached hydrogens (tertiary/aromatic N) is 1. The SMILES string of the molecule is O=C1C[C@@H]2CCN(Cc3c[nH]c4ccccc34)C[C@@H]2CCN1. The number of aromatic nitrogens is 1. The lowest BCUT2D eigenvalue weighted by Crippen LogP contribution is -2.40. The molecule has 2 aliphatic rings. The quantitative estimate of drug-likeness (QED) is 0.895. The maximum atomic E-state index is 11.7. The van der Waals surface area contributed by atoms with E-state index in [-0.39, 0.29) is 5.91 Å². The molecule has 3 heterocycles. The zero-order valence-corrected chi connectivity index (χ0v) is 12.8. The smallest absolute Gasteiger partial charge is 0.220 e. The molecule has 4 rings (SSSR count). The van der Waals surface area contributed by atoms with Crippen LogP contribution in [0.5, 0.6) is 0 Å². The molecule has 22 heavy (non-hydrogen) atoms. The molecular formula is C18H23N3O. The number of carbonyl (C=O) groups is 1. The highest BCUT2D eigenvalue weighted by Crippen LogP contribution is 2.31. The summed E-state index contributed by atoms with van der Waals surface area (Å²) in [6, 6.07) is 8.51. The molecule has 2 N–H and O–H groups in total. The predicted octanol–water partition coefficient (Wildman–Crippen LogP) is 2.52. The van der Waals surface area contributed by atoms with Gasteiger partial charge in [0.2, 0.25) is 5.91 Å². The summed E-state index contributed by atoms with van der Waals surface area (Å²) in [5, 5.41) is 4.36. The normalized spacial score (nSPS) is 26.5. The van der Waals surface area contributed by atoms with E-state index in [1.165, 1.54) is 16.5 Å². The summed E-state index contributed by atoms with van der Waals surface area (Å²) < 4.78 is 0. The molecule has 4 nitrogen and oxygen atoms in total. The van der Waals surface area contributed by atoms with E-state index in [4.69, 9.17) is 0 Å². The van der Waals surface area contributed by atoms with E-state index in [1.807, 2.05) is 0 Å². The predicted molar refractivity (Wildman–Crippen MR) is 87.4 cm³/mol. The van der Waals surface area contributed by atoms with Crippen LogP contribution < -0.4 is 5.32 Å². The molecule has 2 saturated heterocycles. The number of amides is 1. The number of nitrogens with one attached hydrogen (secondary N) is 2. The third-order valence-electron chi connectivity index (χ3n) is 5.33. The van der Waals surface area contributed by atoms with Crippen LogP contribution in [0.1, 0.15) is 24.8 Å². The topological polar surface area (TPSA) is 48.1 Å². The molecule has 0 spiro atoms. The van der Waals surface area contributed by atoms with E-state index in [0.717, 1.165) is 45.4 Å². The Labute approximate surface area is 130 Å². The van der Waals surface area contributed by atoms with Crippen molar-refractivity contribution in [2.24, 2.45) is 11.8 Å². The van der Waals surface area contributed by atoms with Crippen molar-refractivity contribution >= 4 is 16.8 Å². The Hall–Kier alpha value is -1.81. The van der Waals surface area contributed by atoms with E-state index < -0.39 is 0 Å². The van der Waals surface area contributed by atoms with Crippen molar-refractivity contribution in [1.29, 1.82) is 0 Å². The molecule has 2 aliphatic heterocycles. The Kier molecular flexibility index (Phi) is 3.62. The van der Waals surface area contributed by atoms with Gasteiger partial charge in [-0.05, 0) is 42.9 Å². The number of hydrogen-bond acceptors (Lipinski definition) is 2. The van der Waals surface area contributed by atoms with Crippen LogP contribution in [0.25, 0.3) is 10.9 Å². The molecule has 2 fully saturated rings. The molecule has 0 aliphatic carbocycles. The molecule has 1 amide bonds. The number of aromatic amines is 1. The maximum absolute atomic E-state index is 11.7. The molecule has 0 radical (unpaired) electrons. The number of para-hydroxylation sites is 1.